The third-order valence-electron chi connectivity index (χ3n) is 6.42. The van der Waals surface area contributed by atoms with Crippen molar-refractivity contribution in [2.45, 2.75) is 32.6 Å². The van der Waals surface area contributed by atoms with Crippen LogP contribution in [0.1, 0.15) is 38.2 Å². The number of piperidine rings is 2. The Morgan fingerprint density at radius 1 is 1.17 bits per heavy atom. The molecule has 4 rings (SSSR count). The number of nitriles is 1. The van der Waals surface area contributed by atoms with Gasteiger partial charge in [0.1, 0.15) is 11.8 Å². The molecule has 2 fully saturated rings. The predicted octanol–water partition coefficient (Wildman–Crippen LogP) is 3.59. The van der Waals surface area contributed by atoms with Gasteiger partial charge in [0.15, 0.2) is 0 Å². The molecule has 2 aromatic rings. The molecule has 1 aromatic carbocycles. The summed E-state index contributed by atoms with van der Waals surface area (Å²) >= 11 is 0. The van der Waals surface area contributed by atoms with Gasteiger partial charge in [-0.05, 0) is 49.8 Å². The summed E-state index contributed by atoms with van der Waals surface area (Å²) in [4.78, 5) is 21.7. The fraction of sp³-hybridized carbons (Fsp3) is 0.522. The molecule has 2 saturated heterocycles. The van der Waals surface area contributed by atoms with Gasteiger partial charge in [-0.3, -0.25) is 9.78 Å². The van der Waals surface area contributed by atoms with Crippen LogP contribution >= 0.6 is 0 Å². The highest BCUT2D eigenvalue weighted by Gasteiger charge is 2.31. The first-order valence-electron chi connectivity index (χ1n) is 10.5. The number of rotatable bonds is 3. The maximum Gasteiger partial charge on any atom is 0.225 e. The van der Waals surface area contributed by atoms with E-state index in [1.807, 2.05) is 18.2 Å². The lowest BCUT2D eigenvalue weighted by Gasteiger charge is -2.38. The van der Waals surface area contributed by atoms with Crippen molar-refractivity contribution in [3.05, 3.63) is 30.0 Å². The second-order valence-corrected chi connectivity index (χ2v) is 8.28. The van der Waals surface area contributed by atoms with Crippen molar-refractivity contribution in [1.29, 1.82) is 5.26 Å². The van der Waals surface area contributed by atoms with E-state index in [1.54, 1.807) is 13.3 Å². The molecule has 0 aliphatic carbocycles. The Labute approximate surface area is 172 Å². The zero-order valence-corrected chi connectivity index (χ0v) is 17.2. The van der Waals surface area contributed by atoms with Crippen LogP contribution < -0.4 is 9.64 Å². The van der Waals surface area contributed by atoms with Crippen molar-refractivity contribution in [1.82, 2.24) is 9.88 Å². The Kier molecular flexibility index (Phi) is 5.57. The van der Waals surface area contributed by atoms with Crippen molar-refractivity contribution in [3.8, 4) is 11.8 Å². The van der Waals surface area contributed by atoms with E-state index in [1.165, 1.54) is 0 Å². The zero-order valence-electron chi connectivity index (χ0n) is 17.2. The van der Waals surface area contributed by atoms with E-state index in [2.05, 4.69) is 27.8 Å². The predicted molar refractivity (Wildman–Crippen MR) is 113 cm³/mol. The molecule has 6 nitrogen and oxygen atoms in total. The number of ether oxygens (including phenoxy) is 1. The molecular weight excluding hydrogens is 364 g/mol. The number of methoxy groups -OCH3 is 1. The molecule has 2 aliphatic rings. The molecule has 152 valence electrons. The van der Waals surface area contributed by atoms with Crippen LogP contribution in [0.2, 0.25) is 0 Å². The van der Waals surface area contributed by atoms with Crippen LogP contribution in [0.25, 0.3) is 10.9 Å². The second kappa shape index (κ2) is 8.28. The highest BCUT2D eigenvalue weighted by atomic mass is 16.5. The average Bonchev–Trinajstić information content (AvgIpc) is 2.78. The maximum atomic E-state index is 13.0. The van der Waals surface area contributed by atoms with Gasteiger partial charge in [0.05, 0.1) is 23.9 Å². The van der Waals surface area contributed by atoms with Gasteiger partial charge in [-0.1, -0.05) is 6.92 Å². The molecule has 0 radical (unpaired) electrons. The van der Waals surface area contributed by atoms with Crippen LogP contribution in [0.3, 0.4) is 0 Å². The van der Waals surface area contributed by atoms with E-state index in [-0.39, 0.29) is 5.92 Å². The molecule has 0 saturated carbocycles. The summed E-state index contributed by atoms with van der Waals surface area (Å²) in [5, 5.41) is 10.6. The smallest absolute Gasteiger partial charge is 0.225 e. The Balaban J connectivity index is 1.53. The molecule has 3 heterocycles. The van der Waals surface area contributed by atoms with Gasteiger partial charge in [-0.25, -0.2) is 0 Å². The summed E-state index contributed by atoms with van der Waals surface area (Å²) in [6.07, 6.45) is 5.52. The largest absolute Gasteiger partial charge is 0.497 e. The standard InChI is InChI=1S/C23H28N4O2/c1-16-5-9-27(10-6-16)23(28)17-7-11-26(12-8-17)22-18(14-24)15-25-21-4-3-19(29-2)13-20(21)22/h3-4,13,15-17H,5-12H2,1-2H3. The van der Waals surface area contributed by atoms with E-state index >= 15 is 0 Å². The van der Waals surface area contributed by atoms with Crippen molar-refractivity contribution < 1.29 is 9.53 Å². The number of nitrogens with zero attached hydrogens (tertiary/aromatic N) is 4. The van der Waals surface area contributed by atoms with Crippen LogP contribution in [0, 0.1) is 23.2 Å². The van der Waals surface area contributed by atoms with Crippen LogP contribution in [0.4, 0.5) is 5.69 Å². The summed E-state index contributed by atoms with van der Waals surface area (Å²) in [5.74, 6) is 1.88. The first-order chi connectivity index (χ1) is 14.1. The number of hydrogen-bond donors (Lipinski definition) is 0. The van der Waals surface area contributed by atoms with Crippen LogP contribution in [0.5, 0.6) is 5.75 Å². The number of benzene rings is 1. The number of carbonyl (C=O) groups excluding carboxylic acids is 1. The molecular formula is C23H28N4O2. The number of carbonyl (C=O) groups is 1. The van der Waals surface area contributed by atoms with Gasteiger partial charge in [-0.2, -0.15) is 5.26 Å². The summed E-state index contributed by atoms with van der Waals surface area (Å²) in [5.41, 5.74) is 2.33. The Morgan fingerprint density at radius 2 is 1.90 bits per heavy atom. The molecule has 1 aromatic heterocycles. The minimum atomic E-state index is 0.0906. The van der Waals surface area contributed by atoms with Gasteiger partial charge < -0.3 is 14.5 Å². The first-order valence-corrected chi connectivity index (χ1v) is 10.5. The highest BCUT2D eigenvalue weighted by Crippen LogP contribution is 2.35. The van der Waals surface area contributed by atoms with Gasteiger partial charge in [-0.15, -0.1) is 0 Å². The molecule has 0 unspecified atom stereocenters. The number of pyridine rings is 1. The van der Waals surface area contributed by atoms with E-state index in [0.29, 0.717) is 11.5 Å². The molecule has 2 aliphatic heterocycles. The van der Waals surface area contributed by atoms with Crippen molar-refractivity contribution in [3.63, 3.8) is 0 Å². The highest BCUT2D eigenvalue weighted by molar-refractivity contribution is 5.95. The first kappa shape index (κ1) is 19.5. The van der Waals surface area contributed by atoms with Crippen LogP contribution in [-0.2, 0) is 4.79 Å². The maximum absolute atomic E-state index is 13.0. The van der Waals surface area contributed by atoms with E-state index < -0.39 is 0 Å². The van der Waals surface area contributed by atoms with E-state index in [4.69, 9.17) is 4.74 Å². The molecule has 0 bridgehead atoms. The van der Waals surface area contributed by atoms with Gasteiger partial charge >= 0.3 is 0 Å². The topological polar surface area (TPSA) is 69.5 Å². The van der Waals surface area contributed by atoms with Gasteiger partial charge in [0.2, 0.25) is 5.91 Å². The lowest BCUT2D eigenvalue weighted by Crippen LogP contribution is -2.45. The normalized spacial score (nSPS) is 18.7. The monoisotopic (exact) mass is 392 g/mol. The third-order valence-corrected chi connectivity index (χ3v) is 6.42. The fourth-order valence-corrected chi connectivity index (χ4v) is 4.54. The average molecular weight is 393 g/mol. The number of aromatic nitrogens is 1. The van der Waals surface area contributed by atoms with E-state index in [9.17, 15) is 10.1 Å². The molecule has 0 spiro atoms. The lowest BCUT2D eigenvalue weighted by molar-refractivity contribution is -0.137. The summed E-state index contributed by atoms with van der Waals surface area (Å²) in [6, 6.07) is 8.05. The van der Waals surface area contributed by atoms with Gasteiger partial charge in [0, 0.05) is 43.7 Å². The van der Waals surface area contributed by atoms with E-state index in [0.717, 1.165) is 80.1 Å². The SMILES string of the molecule is COc1ccc2ncc(C#N)c(N3CCC(C(=O)N4CCC(C)CC4)CC3)c2c1. The van der Waals surface area contributed by atoms with Crippen LogP contribution in [-0.4, -0.2) is 49.1 Å². The minimum absolute atomic E-state index is 0.0906. The Morgan fingerprint density at radius 3 is 2.55 bits per heavy atom. The van der Waals surface area contributed by atoms with Crippen molar-refractivity contribution in [2.75, 3.05) is 38.2 Å². The van der Waals surface area contributed by atoms with Crippen molar-refractivity contribution in [2.24, 2.45) is 11.8 Å². The quantitative estimate of drug-likeness (QED) is 0.798. The number of likely N-dealkylation sites (tertiary alicyclic amines) is 1. The zero-order chi connectivity index (χ0) is 20.4. The molecule has 0 atom stereocenters. The number of fused-ring (bicyclic) bond motifs is 1. The number of anilines is 1. The molecule has 0 N–H and O–H groups in total. The number of amides is 1. The summed E-state index contributed by atoms with van der Waals surface area (Å²) in [6.45, 7) is 5.60. The third kappa shape index (κ3) is 3.87. The molecule has 1 amide bonds. The lowest BCUT2D eigenvalue weighted by atomic mass is 9.92. The van der Waals surface area contributed by atoms with Crippen molar-refractivity contribution >= 4 is 22.5 Å². The Hall–Kier alpha value is -2.81. The second-order valence-electron chi connectivity index (χ2n) is 8.28. The summed E-state index contributed by atoms with van der Waals surface area (Å²) in [7, 11) is 1.64. The van der Waals surface area contributed by atoms with Crippen LogP contribution in [0.15, 0.2) is 24.4 Å². The summed E-state index contributed by atoms with van der Waals surface area (Å²) < 4.78 is 5.38. The van der Waals surface area contributed by atoms with Gasteiger partial charge in [0.25, 0.3) is 0 Å². The molecule has 29 heavy (non-hydrogen) atoms. The minimum Gasteiger partial charge on any atom is -0.497 e. The number of hydrogen-bond acceptors (Lipinski definition) is 5. The molecule has 6 heteroatoms. The Bertz CT molecular complexity index is 936. The fourth-order valence-electron chi connectivity index (χ4n) is 4.54.